The maximum Gasteiger partial charge on any atom is 0.575 e. The number of carbonyl (C=O) groups excluding carboxylic acids is 1. The summed E-state index contributed by atoms with van der Waals surface area (Å²) in [6.07, 6.45) is -3.76. The van der Waals surface area contributed by atoms with Gasteiger partial charge in [-0.2, -0.15) is 0 Å². The molecular formula is C5H5F3O2. The van der Waals surface area contributed by atoms with Gasteiger partial charge in [-0.15, -0.1) is 13.2 Å². The second-order valence-electron chi connectivity index (χ2n) is 2.14. The van der Waals surface area contributed by atoms with Crippen molar-refractivity contribution in [2.45, 2.75) is 19.2 Å². The first-order valence-electron chi connectivity index (χ1n) is 2.78. The highest BCUT2D eigenvalue weighted by molar-refractivity contribution is 5.75. The van der Waals surface area contributed by atoms with Gasteiger partial charge in [-0.1, -0.05) is 0 Å². The molecule has 0 unspecified atom stereocenters. The smallest absolute Gasteiger partial charge is 0.373 e. The van der Waals surface area contributed by atoms with Gasteiger partial charge in [-0.05, 0) is 12.8 Å². The largest absolute Gasteiger partial charge is 0.575 e. The van der Waals surface area contributed by atoms with Gasteiger partial charge in [0.1, 0.15) is 0 Å². The molecule has 0 N–H and O–H groups in total. The van der Waals surface area contributed by atoms with Gasteiger partial charge in [-0.3, -0.25) is 4.79 Å². The molecule has 2 nitrogen and oxygen atoms in total. The van der Waals surface area contributed by atoms with E-state index in [4.69, 9.17) is 0 Å². The van der Waals surface area contributed by atoms with E-state index in [0.29, 0.717) is 12.8 Å². The molecule has 1 rings (SSSR count). The molecule has 0 atom stereocenters. The van der Waals surface area contributed by atoms with Crippen LogP contribution in [0, 0.1) is 5.92 Å². The first-order chi connectivity index (χ1) is 4.49. The maximum atomic E-state index is 11.3. The third-order valence-corrected chi connectivity index (χ3v) is 1.13. The van der Waals surface area contributed by atoms with Crippen LogP contribution in [-0.2, 0) is 9.53 Å². The van der Waals surface area contributed by atoms with E-state index in [1.165, 1.54) is 0 Å². The third kappa shape index (κ3) is 2.24. The molecule has 0 spiro atoms. The fraction of sp³-hybridized carbons (Fsp3) is 0.800. The summed E-state index contributed by atoms with van der Waals surface area (Å²) in [5, 5.41) is 0. The zero-order valence-electron chi connectivity index (χ0n) is 4.94. The summed E-state index contributed by atoms with van der Waals surface area (Å²) in [6.45, 7) is 0. The second-order valence-corrected chi connectivity index (χ2v) is 2.14. The van der Waals surface area contributed by atoms with Crippen molar-refractivity contribution in [3.05, 3.63) is 0 Å². The van der Waals surface area contributed by atoms with Crippen LogP contribution in [0.4, 0.5) is 13.2 Å². The molecule has 0 aromatic carbocycles. The lowest BCUT2D eigenvalue weighted by atomic mass is 10.4. The molecule has 0 bridgehead atoms. The average Bonchev–Trinajstić information content (AvgIpc) is 2.35. The Bertz CT molecular complexity index is 147. The first-order valence-corrected chi connectivity index (χ1v) is 2.78. The van der Waals surface area contributed by atoms with Crippen molar-refractivity contribution < 1.29 is 22.7 Å². The fourth-order valence-corrected chi connectivity index (χ4v) is 0.516. The summed E-state index contributed by atoms with van der Waals surface area (Å²) in [4.78, 5) is 10.3. The summed E-state index contributed by atoms with van der Waals surface area (Å²) < 4.78 is 36.9. The van der Waals surface area contributed by atoms with Gasteiger partial charge in [0, 0.05) is 0 Å². The Balaban J connectivity index is 2.30. The summed E-state index contributed by atoms with van der Waals surface area (Å²) in [7, 11) is 0. The number of esters is 1. The summed E-state index contributed by atoms with van der Waals surface area (Å²) in [5.74, 6) is -1.64. The predicted molar refractivity (Wildman–Crippen MR) is 24.9 cm³/mol. The molecule has 0 heterocycles. The average molecular weight is 154 g/mol. The zero-order valence-corrected chi connectivity index (χ0v) is 4.94. The SMILES string of the molecule is O=C(OC(F)(F)F)C1CC1. The van der Waals surface area contributed by atoms with Crippen molar-refractivity contribution in [2.75, 3.05) is 0 Å². The molecule has 0 radical (unpaired) electrons. The number of carbonyl (C=O) groups is 1. The molecule has 5 heteroatoms. The molecule has 1 saturated carbocycles. The minimum atomic E-state index is -4.81. The van der Waals surface area contributed by atoms with Gasteiger partial charge in [0.05, 0.1) is 5.92 Å². The van der Waals surface area contributed by atoms with Crippen LogP contribution in [0.15, 0.2) is 0 Å². The van der Waals surface area contributed by atoms with E-state index < -0.39 is 18.2 Å². The normalized spacial score (nSPS) is 18.7. The molecule has 1 aliphatic carbocycles. The Hall–Kier alpha value is -0.740. The highest BCUT2D eigenvalue weighted by Crippen LogP contribution is 2.32. The zero-order chi connectivity index (χ0) is 7.78. The van der Waals surface area contributed by atoms with Crippen molar-refractivity contribution in [3.8, 4) is 0 Å². The van der Waals surface area contributed by atoms with E-state index in [9.17, 15) is 18.0 Å². The molecule has 1 fully saturated rings. The van der Waals surface area contributed by atoms with E-state index in [2.05, 4.69) is 4.74 Å². The van der Waals surface area contributed by atoms with Crippen LogP contribution in [0.3, 0.4) is 0 Å². The van der Waals surface area contributed by atoms with Gasteiger partial charge in [-0.25, -0.2) is 0 Å². The molecule has 58 valence electrons. The lowest BCUT2D eigenvalue weighted by Gasteiger charge is -2.04. The number of rotatable bonds is 1. The Morgan fingerprint density at radius 1 is 1.40 bits per heavy atom. The Morgan fingerprint density at radius 3 is 2.20 bits per heavy atom. The van der Waals surface area contributed by atoms with Gasteiger partial charge in [0.25, 0.3) is 0 Å². The predicted octanol–water partition coefficient (Wildman–Crippen LogP) is 1.46. The van der Waals surface area contributed by atoms with Crippen LogP contribution in [0.1, 0.15) is 12.8 Å². The van der Waals surface area contributed by atoms with Gasteiger partial charge in [0.15, 0.2) is 0 Å². The Morgan fingerprint density at radius 2 is 1.90 bits per heavy atom. The van der Waals surface area contributed by atoms with Crippen molar-refractivity contribution in [1.82, 2.24) is 0 Å². The number of halogens is 3. The van der Waals surface area contributed by atoms with Crippen molar-refractivity contribution >= 4 is 5.97 Å². The minimum absolute atomic E-state index is 0.498. The maximum absolute atomic E-state index is 11.3. The van der Waals surface area contributed by atoms with Gasteiger partial charge >= 0.3 is 12.3 Å². The van der Waals surface area contributed by atoms with Crippen LogP contribution in [0.25, 0.3) is 0 Å². The monoisotopic (exact) mass is 154 g/mol. The van der Waals surface area contributed by atoms with E-state index in [1.54, 1.807) is 0 Å². The number of hydrogen-bond acceptors (Lipinski definition) is 2. The van der Waals surface area contributed by atoms with Crippen molar-refractivity contribution in [2.24, 2.45) is 5.92 Å². The highest BCUT2D eigenvalue weighted by Gasteiger charge is 2.40. The van der Waals surface area contributed by atoms with Crippen LogP contribution in [-0.4, -0.2) is 12.3 Å². The van der Waals surface area contributed by atoms with Crippen LogP contribution >= 0.6 is 0 Å². The molecule has 0 aromatic heterocycles. The van der Waals surface area contributed by atoms with E-state index >= 15 is 0 Å². The third-order valence-electron chi connectivity index (χ3n) is 1.13. The Labute approximate surface area is 55.0 Å². The van der Waals surface area contributed by atoms with E-state index in [0.717, 1.165) is 0 Å². The number of ether oxygens (including phenoxy) is 1. The van der Waals surface area contributed by atoms with E-state index in [-0.39, 0.29) is 0 Å². The lowest BCUT2D eigenvalue weighted by Crippen LogP contribution is -2.20. The van der Waals surface area contributed by atoms with E-state index in [1.807, 2.05) is 0 Å². The first kappa shape index (κ1) is 7.37. The summed E-state index contributed by atoms with van der Waals surface area (Å²) in [6, 6.07) is 0. The van der Waals surface area contributed by atoms with Crippen LogP contribution in [0.5, 0.6) is 0 Å². The standard InChI is InChI=1S/C5H5F3O2/c6-5(7,8)10-4(9)3-1-2-3/h3H,1-2H2. The van der Waals surface area contributed by atoms with Crippen molar-refractivity contribution in [1.29, 1.82) is 0 Å². The lowest BCUT2D eigenvalue weighted by molar-refractivity contribution is -0.306. The fourth-order valence-electron chi connectivity index (χ4n) is 0.516. The van der Waals surface area contributed by atoms with Crippen molar-refractivity contribution in [3.63, 3.8) is 0 Å². The molecule has 10 heavy (non-hydrogen) atoms. The molecule has 0 saturated heterocycles. The second kappa shape index (κ2) is 2.14. The van der Waals surface area contributed by atoms with Crippen LogP contribution < -0.4 is 0 Å². The number of alkyl halides is 3. The molecule has 1 aliphatic rings. The molecule has 0 amide bonds. The molecule has 0 aromatic rings. The van der Waals surface area contributed by atoms with Gasteiger partial charge in [0.2, 0.25) is 0 Å². The minimum Gasteiger partial charge on any atom is -0.373 e. The quantitative estimate of drug-likeness (QED) is 0.534. The Kier molecular flexibility index (Phi) is 1.58. The molecular weight excluding hydrogens is 149 g/mol. The van der Waals surface area contributed by atoms with Crippen LogP contribution in [0.2, 0.25) is 0 Å². The summed E-state index contributed by atoms with van der Waals surface area (Å²) in [5.41, 5.74) is 0. The topological polar surface area (TPSA) is 26.3 Å². The van der Waals surface area contributed by atoms with Gasteiger partial charge < -0.3 is 4.74 Å². The molecule has 0 aliphatic heterocycles. The number of hydrogen-bond donors (Lipinski definition) is 0. The highest BCUT2D eigenvalue weighted by atomic mass is 19.4. The summed E-state index contributed by atoms with van der Waals surface area (Å²) >= 11 is 0.